The van der Waals surface area contributed by atoms with Crippen LogP contribution in [0.4, 0.5) is 5.82 Å². The Morgan fingerprint density at radius 3 is 2.81 bits per heavy atom. The number of benzene rings is 1. The van der Waals surface area contributed by atoms with Crippen LogP contribution < -0.4 is 16.0 Å². The summed E-state index contributed by atoms with van der Waals surface area (Å²) >= 11 is 0. The molecule has 0 spiro atoms. The molecule has 8 heteroatoms. The van der Waals surface area contributed by atoms with Gasteiger partial charge in [0, 0.05) is 25.9 Å². The molecule has 3 aromatic heterocycles. The van der Waals surface area contributed by atoms with Crippen LogP contribution in [0.5, 0.6) is 0 Å². The van der Waals surface area contributed by atoms with Crippen LogP contribution in [0.15, 0.2) is 64.3 Å². The predicted molar refractivity (Wildman–Crippen MR) is 119 cm³/mol. The number of nitrogens with zero attached hydrogens (tertiary/aromatic N) is 5. The van der Waals surface area contributed by atoms with E-state index >= 15 is 0 Å². The van der Waals surface area contributed by atoms with Gasteiger partial charge in [0.05, 0.1) is 30.1 Å². The summed E-state index contributed by atoms with van der Waals surface area (Å²) in [5.41, 5.74) is 1.07. The first-order valence-electron chi connectivity index (χ1n) is 10.4. The largest absolute Gasteiger partial charge is 0.383 e. The monoisotopic (exact) mass is 417 g/mol. The van der Waals surface area contributed by atoms with Gasteiger partial charge in [-0.25, -0.2) is 9.97 Å². The molecule has 31 heavy (non-hydrogen) atoms. The number of para-hydroxylation sites is 1. The van der Waals surface area contributed by atoms with Crippen LogP contribution in [0, 0.1) is 0 Å². The van der Waals surface area contributed by atoms with Gasteiger partial charge in [-0.1, -0.05) is 18.2 Å². The van der Waals surface area contributed by atoms with Crippen LogP contribution in [0.3, 0.4) is 0 Å². The van der Waals surface area contributed by atoms with Gasteiger partial charge in [-0.05, 0) is 37.1 Å². The van der Waals surface area contributed by atoms with Crippen LogP contribution in [0.1, 0.15) is 24.7 Å². The Balaban J connectivity index is 1.65. The van der Waals surface area contributed by atoms with Crippen molar-refractivity contribution in [1.82, 2.24) is 18.9 Å². The molecule has 0 N–H and O–H groups in total. The Labute approximate surface area is 178 Å². The molecular formula is C23H23N5O3. The van der Waals surface area contributed by atoms with E-state index < -0.39 is 0 Å². The Morgan fingerprint density at radius 2 is 1.94 bits per heavy atom. The molecule has 0 aliphatic carbocycles. The first-order chi connectivity index (χ1) is 15.2. The van der Waals surface area contributed by atoms with E-state index in [2.05, 4.69) is 4.90 Å². The zero-order chi connectivity index (χ0) is 21.4. The molecule has 0 radical (unpaired) electrons. The molecule has 0 saturated carbocycles. The van der Waals surface area contributed by atoms with Crippen molar-refractivity contribution in [3.05, 3.63) is 81.3 Å². The summed E-state index contributed by atoms with van der Waals surface area (Å²) in [7, 11) is 1.62. The number of fused-ring (bicyclic) bond motifs is 2. The average molecular weight is 417 g/mol. The highest BCUT2D eigenvalue weighted by atomic mass is 16.5. The van der Waals surface area contributed by atoms with Crippen LogP contribution >= 0.6 is 0 Å². The second kappa shape index (κ2) is 7.96. The molecular weight excluding hydrogens is 394 g/mol. The first-order valence-corrected chi connectivity index (χ1v) is 10.4. The molecule has 1 aliphatic heterocycles. The van der Waals surface area contributed by atoms with Gasteiger partial charge in [0.1, 0.15) is 17.3 Å². The third kappa shape index (κ3) is 3.38. The molecule has 5 rings (SSSR count). The maximum absolute atomic E-state index is 13.3. The van der Waals surface area contributed by atoms with Gasteiger partial charge in [-0.15, -0.1) is 0 Å². The number of rotatable bonds is 5. The Kier molecular flexibility index (Phi) is 4.99. The van der Waals surface area contributed by atoms with Crippen molar-refractivity contribution in [3.63, 3.8) is 0 Å². The van der Waals surface area contributed by atoms with E-state index in [1.54, 1.807) is 30.0 Å². The highest BCUT2D eigenvalue weighted by Crippen LogP contribution is 2.34. The normalized spacial score (nSPS) is 16.4. The fraction of sp³-hybridized carbons (Fsp3) is 0.304. The molecule has 158 valence electrons. The van der Waals surface area contributed by atoms with Crippen molar-refractivity contribution in [2.24, 2.45) is 0 Å². The molecule has 1 atom stereocenters. The van der Waals surface area contributed by atoms with Crippen molar-refractivity contribution < 1.29 is 4.74 Å². The molecule has 1 aromatic carbocycles. The summed E-state index contributed by atoms with van der Waals surface area (Å²) in [6.45, 7) is 1.57. The summed E-state index contributed by atoms with van der Waals surface area (Å²) in [6, 6.07) is 14.3. The predicted octanol–water partition coefficient (Wildman–Crippen LogP) is 2.39. The van der Waals surface area contributed by atoms with Gasteiger partial charge < -0.3 is 9.64 Å². The van der Waals surface area contributed by atoms with Crippen molar-refractivity contribution in [3.8, 4) is 0 Å². The van der Waals surface area contributed by atoms with Crippen molar-refractivity contribution in [2.75, 3.05) is 25.2 Å². The SMILES string of the molecule is COCCn1c(C2CCCN2c2cc(=O)n3ccccc3n2)nc2ccccc2c1=O. The minimum absolute atomic E-state index is 0.0731. The zero-order valence-corrected chi connectivity index (χ0v) is 17.3. The number of methoxy groups -OCH3 is 1. The van der Waals surface area contributed by atoms with Crippen LogP contribution in [-0.2, 0) is 11.3 Å². The second-order valence-electron chi connectivity index (χ2n) is 7.67. The van der Waals surface area contributed by atoms with Gasteiger partial charge in [0.2, 0.25) is 0 Å². The van der Waals surface area contributed by atoms with Gasteiger partial charge in [-0.2, -0.15) is 0 Å². The molecule has 1 saturated heterocycles. The fourth-order valence-corrected chi connectivity index (χ4v) is 4.34. The molecule has 0 bridgehead atoms. The number of aromatic nitrogens is 4. The summed E-state index contributed by atoms with van der Waals surface area (Å²) in [5.74, 6) is 1.30. The van der Waals surface area contributed by atoms with Crippen molar-refractivity contribution >= 4 is 22.4 Å². The Bertz CT molecular complexity index is 1380. The molecule has 4 heterocycles. The maximum Gasteiger partial charge on any atom is 0.261 e. The summed E-state index contributed by atoms with van der Waals surface area (Å²) in [5, 5.41) is 0.592. The number of hydrogen-bond donors (Lipinski definition) is 0. The van der Waals surface area contributed by atoms with Gasteiger partial charge in [0.15, 0.2) is 0 Å². The minimum Gasteiger partial charge on any atom is -0.383 e. The van der Waals surface area contributed by atoms with E-state index in [4.69, 9.17) is 14.7 Å². The lowest BCUT2D eigenvalue weighted by Gasteiger charge is -2.27. The molecule has 1 fully saturated rings. The number of pyridine rings is 1. The van der Waals surface area contributed by atoms with Crippen molar-refractivity contribution in [1.29, 1.82) is 0 Å². The molecule has 8 nitrogen and oxygen atoms in total. The summed E-state index contributed by atoms with van der Waals surface area (Å²) < 4.78 is 8.48. The molecule has 0 amide bonds. The summed E-state index contributed by atoms with van der Waals surface area (Å²) in [4.78, 5) is 37.6. The van der Waals surface area contributed by atoms with Crippen LogP contribution in [0.25, 0.3) is 16.6 Å². The maximum atomic E-state index is 13.3. The third-order valence-electron chi connectivity index (χ3n) is 5.81. The van der Waals surface area contributed by atoms with Gasteiger partial charge >= 0.3 is 0 Å². The smallest absolute Gasteiger partial charge is 0.261 e. The molecule has 4 aromatic rings. The van der Waals surface area contributed by atoms with E-state index in [0.29, 0.717) is 41.3 Å². The third-order valence-corrected chi connectivity index (χ3v) is 5.81. The van der Waals surface area contributed by atoms with E-state index in [0.717, 1.165) is 19.4 Å². The van der Waals surface area contributed by atoms with Crippen LogP contribution in [0.2, 0.25) is 0 Å². The second-order valence-corrected chi connectivity index (χ2v) is 7.67. The lowest BCUT2D eigenvalue weighted by molar-refractivity contribution is 0.184. The topological polar surface area (TPSA) is 81.7 Å². The zero-order valence-electron chi connectivity index (χ0n) is 17.3. The average Bonchev–Trinajstić information content (AvgIpc) is 3.28. The quantitative estimate of drug-likeness (QED) is 0.496. The fourth-order valence-electron chi connectivity index (χ4n) is 4.34. The Morgan fingerprint density at radius 1 is 1.10 bits per heavy atom. The number of ether oxygens (including phenoxy) is 1. The highest BCUT2D eigenvalue weighted by Gasteiger charge is 2.31. The number of hydrogen-bond acceptors (Lipinski definition) is 6. The standard InChI is InChI=1S/C23H23N5O3/c1-31-14-13-28-22(24-17-8-3-2-7-16(17)23(28)30)18-9-6-12-26(18)20-15-21(29)27-11-5-4-10-19(27)25-20/h2-5,7-8,10-11,15,18H,6,9,12-14H2,1H3. The first kappa shape index (κ1) is 19.4. The summed E-state index contributed by atoms with van der Waals surface area (Å²) in [6.07, 6.45) is 3.46. The van der Waals surface area contributed by atoms with E-state index in [-0.39, 0.29) is 17.2 Å². The van der Waals surface area contributed by atoms with E-state index in [1.165, 1.54) is 4.40 Å². The minimum atomic E-state index is -0.146. The highest BCUT2D eigenvalue weighted by molar-refractivity contribution is 5.77. The lowest BCUT2D eigenvalue weighted by Crippen LogP contribution is -2.34. The van der Waals surface area contributed by atoms with E-state index in [1.807, 2.05) is 36.4 Å². The van der Waals surface area contributed by atoms with Gasteiger partial charge in [-0.3, -0.25) is 18.6 Å². The molecule has 1 unspecified atom stereocenters. The van der Waals surface area contributed by atoms with Gasteiger partial charge in [0.25, 0.3) is 11.1 Å². The van der Waals surface area contributed by atoms with Crippen LogP contribution in [-0.4, -0.2) is 39.2 Å². The van der Waals surface area contributed by atoms with E-state index in [9.17, 15) is 9.59 Å². The lowest BCUT2D eigenvalue weighted by atomic mass is 10.1. The Hall–Kier alpha value is -3.52. The van der Waals surface area contributed by atoms with Crippen molar-refractivity contribution in [2.45, 2.75) is 25.4 Å². The molecule has 1 aliphatic rings. The number of anilines is 1.